The summed E-state index contributed by atoms with van der Waals surface area (Å²) < 4.78 is 25.8. The minimum atomic E-state index is -3.37. The number of halogens is 1. The lowest BCUT2D eigenvalue weighted by molar-refractivity contribution is -0.384. The largest absolute Gasteiger partial charge is 0.306 e. The first-order valence-corrected chi connectivity index (χ1v) is 11.4. The van der Waals surface area contributed by atoms with Gasteiger partial charge >= 0.3 is 0 Å². The molecule has 160 valence electrons. The number of nitrogens with one attached hydrogen (secondary N) is 1. The van der Waals surface area contributed by atoms with Gasteiger partial charge in [-0.15, -0.1) is 0 Å². The van der Waals surface area contributed by atoms with Gasteiger partial charge in [-0.25, -0.2) is 13.1 Å². The van der Waals surface area contributed by atoms with Gasteiger partial charge in [0.15, 0.2) is 9.84 Å². The molecule has 1 N–H and O–H groups in total. The Morgan fingerprint density at radius 2 is 1.94 bits per heavy atom. The van der Waals surface area contributed by atoms with Crippen molar-refractivity contribution < 1.29 is 18.1 Å². The quantitative estimate of drug-likeness (QED) is 0.467. The highest BCUT2D eigenvalue weighted by Crippen LogP contribution is 2.34. The molecule has 0 unspecified atom stereocenters. The molecule has 9 nitrogen and oxygen atoms in total. The summed E-state index contributed by atoms with van der Waals surface area (Å²) in [5, 5.41) is 18.2. The first-order chi connectivity index (χ1) is 14.6. The number of anilines is 1. The van der Waals surface area contributed by atoms with E-state index in [1.165, 1.54) is 16.8 Å². The van der Waals surface area contributed by atoms with Crippen LogP contribution >= 0.6 is 11.6 Å². The third-order valence-electron chi connectivity index (χ3n) is 5.01. The molecule has 4 rings (SSSR count). The molecule has 2 aromatic carbocycles. The molecule has 31 heavy (non-hydrogen) atoms. The fourth-order valence-electron chi connectivity index (χ4n) is 3.56. The number of non-ortho nitro benzene ring substituents is 1. The SMILES string of the molecule is Cc1ccc(-n2nc3c(c2NC(=O)c2cc([N+](=O)[O-])ccc2Cl)CS(=O)(=O)C3)c(C)c1. The van der Waals surface area contributed by atoms with Crippen molar-refractivity contribution in [3.8, 4) is 5.69 Å². The lowest BCUT2D eigenvalue weighted by Gasteiger charge is -2.14. The Hall–Kier alpha value is -3.24. The Bertz CT molecular complexity index is 1360. The molecule has 3 aromatic rings. The summed E-state index contributed by atoms with van der Waals surface area (Å²) in [6.07, 6.45) is 0. The first kappa shape index (κ1) is 21.0. The number of aryl methyl sites for hydroxylation is 2. The molecule has 0 aliphatic carbocycles. The third kappa shape index (κ3) is 3.91. The molecule has 1 amide bonds. The lowest BCUT2D eigenvalue weighted by Crippen LogP contribution is -2.18. The third-order valence-corrected chi connectivity index (χ3v) is 6.78. The number of amides is 1. The molecule has 0 saturated heterocycles. The number of hydrogen-bond acceptors (Lipinski definition) is 6. The highest BCUT2D eigenvalue weighted by molar-refractivity contribution is 7.90. The second kappa shape index (κ2) is 7.47. The fourth-order valence-corrected chi connectivity index (χ4v) is 5.26. The van der Waals surface area contributed by atoms with Crippen molar-refractivity contribution in [1.29, 1.82) is 0 Å². The monoisotopic (exact) mass is 460 g/mol. The Kier molecular flexibility index (Phi) is 5.06. The number of nitro groups is 1. The summed E-state index contributed by atoms with van der Waals surface area (Å²) in [7, 11) is -3.37. The summed E-state index contributed by atoms with van der Waals surface area (Å²) in [5.41, 5.74) is 2.97. The molecule has 0 saturated carbocycles. The van der Waals surface area contributed by atoms with Crippen LogP contribution in [0.25, 0.3) is 5.69 Å². The Labute approximate surface area is 182 Å². The molecule has 0 fully saturated rings. The smallest absolute Gasteiger partial charge is 0.270 e. The lowest BCUT2D eigenvalue weighted by atomic mass is 10.1. The van der Waals surface area contributed by atoms with Gasteiger partial charge in [0.2, 0.25) is 0 Å². The predicted molar refractivity (Wildman–Crippen MR) is 115 cm³/mol. The fraction of sp³-hybridized carbons (Fsp3) is 0.200. The number of rotatable bonds is 4. The van der Waals surface area contributed by atoms with Crippen LogP contribution in [0.5, 0.6) is 0 Å². The van der Waals surface area contributed by atoms with Crippen LogP contribution in [0.2, 0.25) is 5.02 Å². The van der Waals surface area contributed by atoms with E-state index in [-0.39, 0.29) is 33.6 Å². The van der Waals surface area contributed by atoms with Crippen molar-refractivity contribution in [2.24, 2.45) is 0 Å². The highest BCUT2D eigenvalue weighted by atomic mass is 35.5. The van der Waals surface area contributed by atoms with Crippen molar-refractivity contribution in [2.45, 2.75) is 25.4 Å². The minimum Gasteiger partial charge on any atom is -0.306 e. The molecule has 1 aromatic heterocycles. The van der Waals surface area contributed by atoms with Crippen LogP contribution in [-0.4, -0.2) is 29.0 Å². The zero-order valence-corrected chi connectivity index (χ0v) is 18.1. The minimum absolute atomic E-state index is 0.0324. The number of fused-ring (bicyclic) bond motifs is 1. The van der Waals surface area contributed by atoms with Crippen LogP contribution in [0.1, 0.15) is 32.7 Å². The summed E-state index contributed by atoms with van der Waals surface area (Å²) in [6.45, 7) is 3.83. The van der Waals surface area contributed by atoms with Crippen molar-refractivity contribution in [1.82, 2.24) is 9.78 Å². The van der Waals surface area contributed by atoms with Gasteiger partial charge in [0.05, 0.1) is 38.4 Å². The molecular formula is C20H17ClN4O5S. The van der Waals surface area contributed by atoms with Gasteiger partial charge in [-0.1, -0.05) is 29.3 Å². The van der Waals surface area contributed by atoms with Crippen LogP contribution in [0.15, 0.2) is 36.4 Å². The number of carbonyl (C=O) groups excluding carboxylic acids is 1. The van der Waals surface area contributed by atoms with E-state index in [1.807, 2.05) is 32.0 Å². The summed E-state index contributed by atoms with van der Waals surface area (Å²) >= 11 is 6.10. The first-order valence-electron chi connectivity index (χ1n) is 9.20. The van der Waals surface area contributed by atoms with Gasteiger partial charge in [0.25, 0.3) is 11.6 Å². The zero-order valence-electron chi connectivity index (χ0n) is 16.5. The van der Waals surface area contributed by atoms with E-state index in [0.29, 0.717) is 16.9 Å². The molecular weight excluding hydrogens is 444 g/mol. The number of sulfone groups is 1. The van der Waals surface area contributed by atoms with Crippen molar-refractivity contribution in [3.63, 3.8) is 0 Å². The molecule has 0 atom stereocenters. The second-order valence-corrected chi connectivity index (χ2v) is 9.85. The van der Waals surface area contributed by atoms with Crippen molar-refractivity contribution >= 4 is 38.9 Å². The Morgan fingerprint density at radius 1 is 1.19 bits per heavy atom. The van der Waals surface area contributed by atoms with Crippen LogP contribution in [0.3, 0.4) is 0 Å². The van der Waals surface area contributed by atoms with Crippen molar-refractivity contribution in [2.75, 3.05) is 5.32 Å². The highest BCUT2D eigenvalue weighted by Gasteiger charge is 2.34. The van der Waals surface area contributed by atoms with E-state index >= 15 is 0 Å². The molecule has 0 bridgehead atoms. The average molecular weight is 461 g/mol. The van der Waals surface area contributed by atoms with Crippen molar-refractivity contribution in [3.05, 3.63) is 79.5 Å². The normalized spacial score (nSPS) is 14.3. The summed E-state index contributed by atoms with van der Waals surface area (Å²) in [5.74, 6) is -0.978. The number of carbonyl (C=O) groups is 1. The number of aromatic nitrogens is 2. The van der Waals surface area contributed by atoms with Gasteiger partial charge in [-0.3, -0.25) is 14.9 Å². The molecule has 0 spiro atoms. The molecule has 2 heterocycles. The summed E-state index contributed by atoms with van der Waals surface area (Å²) in [6, 6.07) is 9.20. The molecule has 0 radical (unpaired) electrons. The predicted octanol–water partition coefficient (Wildman–Crippen LogP) is 3.73. The zero-order chi connectivity index (χ0) is 22.5. The van der Waals surface area contributed by atoms with Gasteiger partial charge in [-0.2, -0.15) is 5.10 Å². The molecule has 1 aliphatic heterocycles. The number of benzene rings is 2. The van der Waals surface area contributed by atoms with E-state index < -0.39 is 20.7 Å². The molecule has 1 aliphatic rings. The van der Waals surface area contributed by atoms with E-state index in [4.69, 9.17) is 11.6 Å². The standard InChI is InChI=1S/C20H17ClN4O5S/c1-11-3-6-18(12(2)7-11)24-19(15-9-31(29,30)10-17(15)23-24)22-20(26)14-8-13(25(27)28)4-5-16(14)21/h3-8H,9-10H2,1-2H3,(H,22,26). The maximum atomic E-state index is 13.0. The van der Waals surface area contributed by atoms with E-state index in [0.717, 1.165) is 17.2 Å². The Morgan fingerprint density at radius 3 is 2.61 bits per heavy atom. The van der Waals surface area contributed by atoms with E-state index in [2.05, 4.69) is 10.4 Å². The maximum Gasteiger partial charge on any atom is 0.270 e. The topological polar surface area (TPSA) is 124 Å². The number of hydrogen-bond donors (Lipinski definition) is 1. The van der Waals surface area contributed by atoms with Gasteiger partial charge in [0, 0.05) is 17.7 Å². The number of nitrogens with zero attached hydrogens (tertiary/aromatic N) is 3. The maximum absolute atomic E-state index is 13.0. The van der Waals surface area contributed by atoms with Gasteiger partial charge in [-0.05, 0) is 31.5 Å². The van der Waals surface area contributed by atoms with Crippen LogP contribution in [0.4, 0.5) is 11.5 Å². The van der Waals surface area contributed by atoms with Crippen LogP contribution < -0.4 is 5.32 Å². The van der Waals surface area contributed by atoms with Gasteiger partial charge in [0.1, 0.15) is 5.82 Å². The van der Waals surface area contributed by atoms with Crippen LogP contribution in [-0.2, 0) is 21.3 Å². The van der Waals surface area contributed by atoms with Gasteiger partial charge < -0.3 is 5.32 Å². The molecule has 11 heteroatoms. The van der Waals surface area contributed by atoms with Crippen LogP contribution in [0, 0.1) is 24.0 Å². The van der Waals surface area contributed by atoms with E-state index in [9.17, 15) is 23.3 Å². The second-order valence-electron chi connectivity index (χ2n) is 7.38. The Balaban J connectivity index is 1.82. The average Bonchev–Trinajstić information content (AvgIpc) is 3.14. The van der Waals surface area contributed by atoms with E-state index in [1.54, 1.807) is 0 Å². The number of nitro benzene ring substituents is 1. The summed E-state index contributed by atoms with van der Waals surface area (Å²) in [4.78, 5) is 23.4.